The Morgan fingerprint density at radius 2 is 2.04 bits per heavy atom. The Bertz CT molecular complexity index is 818. The standard InChI is InChI=1S/C19H18BrCl2FN2O/c20-14-4-6-18(17(23)9-14)24-19(26)13-2-1-7-25(11-13)10-12-3-5-15(21)16(22)8-12/h3-6,8-9,13H,1-2,7,10-11H2,(H,24,26). The number of piperidine rings is 1. The summed E-state index contributed by atoms with van der Waals surface area (Å²) in [4.78, 5) is 14.8. The average molecular weight is 460 g/mol. The van der Waals surface area contributed by atoms with Crippen LogP contribution < -0.4 is 5.32 Å². The molecule has 138 valence electrons. The molecule has 1 unspecified atom stereocenters. The summed E-state index contributed by atoms with van der Waals surface area (Å²) < 4.78 is 14.6. The van der Waals surface area contributed by atoms with Crippen LogP contribution in [0.4, 0.5) is 10.1 Å². The van der Waals surface area contributed by atoms with Crippen LogP contribution in [-0.4, -0.2) is 23.9 Å². The third-order valence-corrected chi connectivity index (χ3v) is 5.69. The van der Waals surface area contributed by atoms with Gasteiger partial charge in [0.15, 0.2) is 0 Å². The lowest BCUT2D eigenvalue weighted by Crippen LogP contribution is -2.40. The summed E-state index contributed by atoms with van der Waals surface area (Å²) in [6.07, 6.45) is 1.71. The van der Waals surface area contributed by atoms with Crippen LogP contribution in [0, 0.1) is 11.7 Å². The van der Waals surface area contributed by atoms with Crippen molar-refractivity contribution in [2.45, 2.75) is 19.4 Å². The van der Waals surface area contributed by atoms with Crippen molar-refractivity contribution >= 4 is 50.7 Å². The second-order valence-corrected chi connectivity index (χ2v) is 8.17. The van der Waals surface area contributed by atoms with Crippen LogP contribution in [0.2, 0.25) is 10.0 Å². The molecule has 0 aromatic heterocycles. The maximum atomic E-state index is 13.9. The van der Waals surface area contributed by atoms with Gasteiger partial charge in [0.25, 0.3) is 0 Å². The van der Waals surface area contributed by atoms with Crippen molar-refractivity contribution in [3.05, 3.63) is 62.3 Å². The highest BCUT2D eigenvalue weighted by Crippen LogP contribution is 2.26. The largest absolute Gasteiger partial charge is 0.323 e. The normalized spacial score (nSPS) is 17.9. The number of hydrogen-bond donors (Lipinski definition) is 1. The van der Waals surface area contributed by atoms with E-state index in [-0.39, 0.29) is 17.5 Å². The minimum atomic E-state index is -0.448. The van der Waals surface area contributed by atoms with E-state index in [2.05, 4.69) is 26.1 Å². The van der Waals surface area contributed by atoms with Crippen LogP contribution in [0.1, 0.15) is 18.4 Å². The van der Waals surface area contributed by atoms with Crippen LogP contribution in [0.5, 0.6) is 0 Å². The number of rotatable bonds is 4. The van der Waals surface area contributed by atoms with Crippen molar-refractivity contribution < 1.29 is 9.18 Å². The van der Waals surface area contributed by atoms with Gasteiger partial charge in [0.2, 0.25) is 5.91 Å². The molecule has 1 amide bonds. The van der Waals surface area contributed by atoms with Gasteiger partial charge in [-0.1, -0.05) is 45.2 Å². The molecule has 1 saturated heterocycles. The molecule has 3 rings (SSSR count). The van der Waals surface area contributed by atoms with Gasteiger partial charge in [0.05, 0.1) is 21.7 Å². The number of carbonyl (C=O) groups is 1. The highest BCUT2D eigenvalue weighted by Gasteiger charge is 2.26. The summed E-state index contributed by atoms with van der Waals surface area (Å²) in [7, 11) is 0. The highest BCUT2D eigenvalue weighted by molar-refractivity contribution is 9.10. The second-order valence-electron chi connectivity index (χ2n) is 6.44. The smallest absolute Gasteiger partial charge is 0.228 e. The fourth-order valence-corrected chi connectivity index (χ4v) is 3.79. The summed E-state index contributed by atoms with van der Waals surface area (Å²) in [5.74, 6) is -0.768. The van der Waals surface area contributed by atoms with Gasteiger partial charge >= 0.3 is 0 Å². The number of nitrogens with one attached hydrogen (secondary N) is 1. The number of hydrogen-bond acceptors (Lipinski definition) is 2. The van der Waals surface area contributed by atoms with Gasteiger partial charge in [-0.25, -0.2) is 4.39 Å². The maximum Gasteiger partial charge on any atom is 0.228 e. The molecule has 0 spiro atoms. The van der Waals surface area contributed by atoms with Gasteiger partial charge in [-0.15, -0.1) is 0 Å². The molecule has 3 nitrogen and oxygen atoms in total. The molecule has 0 radical (unpaired) electrons. The van der Waals surface area contributed by atoms with Gasteiger partial charge in [-0.05, 0) is 55.3 Å². The van der Waals surface area contributed by atoms with E-state index in [1.165, 1.54) is 6.07 Å². The van der Waals surface area contributed by atoms with Crippen molar-refractivity contribution in [3.8, 4) is 0 Å². The molecule has 0 bridgehead atoms. The van der Waals surface area contributed by atoms with Crippen LogP contribution in [0.25, 0.3) is 0 Å². The number of carbonyl (C=O) groups excluding carboxylic acids is 1. The molecule has 2 aromatic rings. The van der Waals surface area contributed by atoms with E-state index in [1.54, 1.807) is 18.2 Å². The van der Waals surface area contributed by atoms with Crippen molar-refractivity contribution in [1.29, 1.82) is 0 Å². The van der Waals surface area contributed by atoms with Crippen molar-refractivity contribution in [2.75, 3.05) is 18.4 Å². The second kappa shape index (κ2) is 8.70. The van der Waals surface area contributed by atoms with E-state index in [1.807, 2.05) is 12.1 Å². The first-order chi connectivity index (χ1) is 12.4. The van der Waals surface area contributed by atoms with Gasteiger partial charge in [-0.2, -0.15) is 0 Å². The SMILES string of the molecule is O=C(Nc1ccc(Br)cc1F)C1CCCN(Cc2ccc(Cl)c(Cl)c2)C1. The van der Waals surface area contributed by atoms with Gasteiger partial charge in [0.1, 0.15) is 5.82 Å². The molecule has 2 aromatic carbocycles. The minimum Gasteiger partial charge on any atom is -0.323 e. The molecule has 1 atom stereocenters. The lowest BCUT2D eigenvalue weighted by Gasteiger charge is -2.32. The first-order valence-electron chi connectivity index (χ1n) is 8.34. The zero-order valence-electron chi connectivity index (χ0n) is 13.9. The number of benzene rings is 2. The van der Waals surface area contributed by atoms with E-state index in [4.69, 9.17) is 23.2 Å². The summed E-state index contributed by atoms with van der Waals surface area (Å²) in [6, 6.07) is 10.2. The molecule has 1 fully saturated rings. The predicted octanol–water partition coefficient (Wildman–Crippen LogP) is 5.75. The van der Waals surface area contributed by atoms with E-state index in [9.17, 15) is 9.18 Å². The van der Waals surface area contributed by atoms with E-state index >= 15 is 0 Å². The highest BCUT2D eigenvalue weighted by atomic mass is 79.9. The van der Waals surface area contributed by atoms with E-state index < -0.39 is 5.82 Å². The molecule has 1 aliphatic heterocycles. The molecular formula is C19H18BrCl2FN2O. The van der Waals surface area contributed by atoms with Crippen LogP contribution >= 0.6 is 39.1 Å². The summed E-state index contributed by atoms with van der Waals surface area (Å²) in [5, 5.41) is 3.77. The van der Waals surface area contributed by atoms with Crippen LogP contribution in [0.3, 0.4) is 0 Å². The number of anilines is 1. The predicted molar refractivity (Wildman–Crippen MR) is 107 cm³/mol. The Labute approximate surface area is 170 Å². The fraction of sp³-hybridized carbons (Fsp3) is 0.316. The number of amides is 1. The first kappa shape index (κ1) is 19.6. The fourth-order valence-electron chi connectivity index (χ4n) is 3.13. The zero-order valence-corrected chi connectivity index (χ0v) is 17.0. The number of likely N-dealkylation sites (tertiary alicyclic amines) is 1. The van der Waals surface area contributed by atoms with Crippen molar-refractivity contribution in [3.63, 3.8) is 0 Å². The van der Waals surface area contributed by atoms with Crippen LogP contribution in [0.15, 0.2) is 40.9 Å². The molecule has 1 heterocycles. The van der Waals surface area contributed by atoms with Crippen molar-refractivity contribution in [1.82, 2.24) is 4.90 Å². The Hall–Kier alpha value is -1.14. The van der Waals surface area contributed by atoms with E-state index in [0.29, 0.717) is 27.6 Å². The third-order valence-electron chi connectivity index (χ3n) is 4.46. The minimum absolute atomic E-state index is 0.148. The Morgan fingerprint density at radius 3 is 2.77 bits per heavy atom. The quantitative estimate of drug-likeness (QED) is 0.631. The number of halogens is 4. The molecule has 0 saturated carbocycles. The molecule has 7 heteroatoms. The summed E-state index contributed by atoms with van der Waals surface area (Å²) in [5.41, 5.74) is 1.26. The molecular weight excluding hydrogens is 442 g/mol. The molecule has 0 aliphatic carbocycles. The van der Waals surface area contributed by atoms with Gasteiger partial charge < -0.3 is 5.32 Å². The Kier molecular flexibility index (Phi) is 6.56. The van der Waals surface area contributed by atoms with Gasteiger partial charge in [0, 0.05) is 17.6 Å². The Morgan fingerprint density at radius 1 is 1.23 bits per heavy atom. The maximum absolute atomic E-state index is 13.9. The summed E-state index contributed by atoms with van der Waals surface area (Å²) >= 11 is 15.2. The topological polar surface area (TPSA) is 32.3 Å². The third kappa shape index (κ3) is 4.97. The molecule has 26 heavy (non-hydrogen) atoms. The zero-order chi connectivity index (χ0) is 18.7. The van der Waals surface area contributed by atoms with Gasteiger partial charge in [-0.3, -0.25) is 9.69 Å². The number of nitrogens with zero attached hydrogens (tertiary/aromatic N) is 1. The summed E-state index contributed by atoms with van der Waals surface area (Å²) in [6.45, 7) is 2.24. The average Bonchev–Trinajstić information content (AvgIpc) is 2.61. The molecule has 1 aliphatic rings. The lowest BCUT2D eigenvalue weighted by molar-refractivity contribution is -0.121. The Balaban J connectivity index is 1.62. The van der Waals surface area contributed by atoms with E-state index in [0.717, 1.165) is 24.9 Å². The van der Waals surface area contributed by atoms with Crippen LogP contribution in [-0.2, 0) is 11.3 Å². The van der Waals surface area contributed by atoms with Crippen molar-refractivity contribution in [2.24, 2.45) is 5.92 Å². The lowest BCUT2D eigenvalue weighted by atomic mass is 9.96. The monoisotopic (exact) mass is 458 g/mol. The molecule has 1 N–H and O–H groups in total. The first-order valence-corrected chi connectivity index (χ1v) is 9.89.